The molecular weight excluding hydrogens is 435 g/mol. The van der Waals surface area contributed by atoms with Crippen molar-refractivity contribution in [3.05, 3.63) is 53.1 Å². The van der Waals surface area contributed by atoms with Crippen molar-refractivity contribution >= 4 is 39.9 Å². The Hall–Kier alpha value is -2.97. The number of ether oxygens (including phenoxy) is 1. The molecular formula is C23H26ClFN4O3. The van der Waals surface area contributed by atoms with E-state index in [0.717, 1.165) is 60.7 Å². The summed E-state index contributed by atoms with van der Waals surface area (Å²) in [5, 5.41) is 12.6. The number of carbonyl (C=O) groups excluding carboxylic acids is 1. The molecule has 1 aromatic heterocycles. The van der Waals surface area contributed by atoms with Gasteiger partial charge in [-0.05, 0) is 49.1 Å². The van der Waals surface area contributed by atoms with Crippen LogP contribution in [0.2, 0.25) is 5.02 Å². The summed E-state index contributed by atoms with van der Waals surface area (Å²) in [5.41, 5.74) is 4.06. The lowest BCUT2D eigenvalue weighted by Crippen LogP contribution is -2.17. The highest BCUT2D eigenvalue weighted by atomic mass is 35.5. The number of benzene rings is 2. The van der Waals surface area contributed by atoms with E-state index in [4.69, 9.17) is 21.5 Å². The zero-order valence-corrected chi connectivity index (χ0v) is 18.6. The summed E-state index contributed by atoms with van der Waals surface area (Å²) in [4.78, 5) is 19.7. The van der Waals surface area contributed by atoms with Crippen molar-refractivity contribution in [1.29, 1.82) is 0 Å². The van der Waals surface area contributed by atoms with Crippen molar-refractivity contribution in [2.75, 3.05) is 12.4 Å². The fourth-order valence-electron chi connectivity index (χ4n) is 3.51. The second-order valence-electron chi connectivity index (χ2n) is 7.46. The van der Waals surface area contributed by atoms with Gasteiger partial charge >= 0.3 is 0 Å². The SMILES string of the molecule is COc1cc2ncnc(Nc3ccc(F)c(Cl)c3)c2cc1CCCCCCCC(=O)NO. The van der Waals surface area contributed by atoms with Crippen LogP contribution < -0.4 is 15.5 Å². The summed E-state index contributed by atoms with van der Waals surface area (Å²) in [6.45, 7) is 0. The fraction of sp³-hybridized carbons (Fsp3) is 0.348. The minimum atomic E-state index is -0.478. The van der Waals surface area contributed by atoms with E-state index in [0.29, 0.717) is 17.9 Å². The number of aromatic nitrogens is 2. The lowest BCUT2D eigenvalue weighted by molar-refractivity contribution is -0.129. The quantitative estimate of drug-likeness (QED) is 0.197. The molecule has 2 aromatic carbocycles. The van der Waals surface area contributed by atoms with Crippen LogP contribution in [0.4, 0.5) is 15.9 Å². The largest absolute Gasteiger partial charge is 0.496 e. The maximum absolute atomic E-state index is 13.5. The predicted molar refractivity (Wildman–Crippen MR) is 122 cm³/mol. The van der Waals surface area contributed by atoms with E-state index in [1.165, 1.54) is 18.5 Å². The average molecular weight is 461 g/mol. The molecule has 0 aliphatic rings. The van der Waals surface area contributed by atoms with Crippen LogP contribution in [-0.2, 0) is 11.2 Å². The molecule has 0 spiro atoms. The Kier molecular flexibility index (Phi) is 8.58. The van der Waals surface area contributed by atoms with Gasteiger partial charge in [0.1, 0.15) is 23.7 Å². The van der Waals surface area contributed by atoms with Gasteiger partial charge in [-0.3, -0.25) is 10.0 Å². The Labute approximate surface area is 190 Å². The Morgan fingerprint density at radius 1 is 1.12 bits per heavy atom. The number of anilines is 2. The summed E-state index contributed by atoms with van der Waals surface area (Å²) in [6, 6.07) is 8.33. The van der Waals surface area contributed by atoms with Gasteiger partial charge in [-0.25, -0.2) is 19.8 Å². The van der Waals surface area contributed by atoms with Crippen LogP contribution in [0.3, 0.4) is 0 Å². The standard InChI is InChI=1S/C23H26ClFN4O3/c1-32-21-13-20-17(11-15(21)7-5-3-2-4-6-8-22(30)29-31)23(27-14-26-20)28-16-9-10-19(25)18(24)12-16/h9-14,31H,2-8H2,1H3,(H,29,30)(H,26,27,28). The molecule has 0 aliphatic carbocycles. The lowest BCUT2D eigenvalue weighted by Gasteiger charge is -2.13. The topological polar surface area (TPSA) is 96.4 Å². The first-order valence-electron chi connectivity index (χ1n) is 10.5. The Balaban J connectivity index is 1.69. The van der Waals surface area contributed by atoms with Gasteiger partial charge in [0.05, 0.1) is 17.6 Å². The third-order valence-corrected chi connectivity index (χ3v) is 5.48. The third kappa shape index (κ3) is 6.27. The van der Waals surface area contributed by atoms with E-state index >= 15 is 0 Å². The number of nitrogens with zero attached hydrogens (tertiary/aromatic N) is 2. The second-order valence-corrected chi connectivity index (χ2v) is 7.87. The van der Waals surface area contributed by atoms with Gasteiger partial charge in [0.15, 0.2) is 0 Å². The van der Waals surface area contributed by atoms with Crippen LogP contribution in [0, 0.1) is 5.82 Å². The molecule has 3 N–H and O–H groups in total. The zero-order valence-electron chi connectivity index (χ0n) is 17.8. The summed E-state index contributed by atoms with van der Waals surface area (Å²) >= 11 is 5.89. The normalized spacial score (nSPS) is 10.9. The molecule has 1 amide bonds. The smallest absolute Gasteiger partial charge is 0.243 e. The monoisotopic (exact) mass is 460 g/mol. The molecule has 9 heteroatoms. The van der Waals surface area contributed by atoms with E-state index in [1.54, 1.807) is 18.7 Å². The van der Waals surface area contributed by atoms with Crippen LogP contribution in [0.25, 0.3) is 10.9 Å². The minimum absolute atomic E-state index is 0.0349. The summed E-state index contributed by atoms with van der Waals surface area (Å²) < 4.78 is 19.0. The van der Waals surface area contributed by atoms with Crippen LogP contribution in [0.5, 0.6) is 5.75 Å². The first-order valence-corrected chi connectivity index (χ1v) is 10.9. The molecule has 0 unspecified atom stereocenters. The van der Waals surface area contributed by atoms with E-state index in [-0.39, 0.29) is 10.9 Å². The molecule has 3 aromatic rings. The van der Waals surface area contributed by atoms with E-state index in [2.05, 4.69) is 15.3 Å². The van der Waals surface area contributed by atoms with Gasteiger partial charge in [0.2, 0.25) is 5.91 Å². The van der Waals surface area contributed by atoms with Gasteiger partial charge in [-0.2, -0.15) is 0 Å². The number of halogens is 2. The first-order chi connectivity index (χ1) is 15.5. The second kappa shape index (κ2) is 11.6. The van der Waals surface area contributed by atoms with Gasteiger partial charge < -0.3 is 10.1 Å². The van der Waals surface area contributed by atoms with Crippen molar-refractivity contribution in [1.82, 2.24) is 15.4 Å². The lowest BCUT2D eigenvalue weighted by atomic mass is 10.0. The molecule has 1 heterocycles. The van der Waals surface area contributed by atoms with Crippen LogP contribution >= 0.6 is 11.6 Å². The summed E-state index contributed by atoms with van der Waals surface area (Å²) in [7, 11) is 1.64. The number of nitrogens with one attached hydrogen (secondary N) is 2. The molecule has 0 bridgehead atoms. The highest BCUT2D eigenvalue weighted by Gasteiger charge is 2.11. The average Bonchev–Trinajstić information content (AvgIpc) is 2.80. The molecule has 0 radical (unpaired) electrons. The van der Waals surface area contributed by atoms with Crippen LogP contribution in [-0.4, -0.2) is 28.2 Å². The molecule has 3 rings (SSSR count). The van der Waals surface area contributed by atoms with Crippen molar-refractivity contribution in [2.45, 2.75) is 44.9 Å². The summed E-state index contributed by atoms with van der Waals surface area (Å²) in [6.07, 6.45) is 7.32. The van der Waals surface area contributed by atoms with Crippen LogP contribution in [0.15, 0.2) is 36.7 Å². The molecule has 0 aliphatic heterocycles. The number of hydrogen-bond acceptors (Lipinski definition) is 6. The summed E-state index contributed by atoms with van der Waals surface area (Å²) in [5.74, 6) is 0.546. The maximum atomic E-state index is 13.5. The minimum Gasteiger partial charge on any atom is -0.496 e. The molecule has 0 fully saturated rings. The van der Waals surface area contributed by atoms with E-state index < -0.39 is 5.82 Å². The third-order valence-electron chi connectivity index (χ3n) is 5.19. The van der Waals surface area contributed by atoms with Crippen LogP contribution in [0.1, 0.15) is 44.1 Å². The van der Waals surface area contributed by atoms with E-state index in [1.807, 2.05) is 12.1 Å². The first kappa shape index (κ1) is 23.7. The van der Waals surface area contributed by atoms with Crippen molar-refractivity contribution in [3.63, 3.8) is 0 Å². The number of methoxy groups -OCH3 is 1. The zero-order chi connectivity index (χ0) is 22.9. The molecule has 0 saturated heterocycles. The molecule has 170 valence electrons. The Morgan fingerprint density at radius 3 is 2.66 bits per heavy atom. The molecule has 0 atom stereocenters. The molecule has 32 heavy (non-hydrogen) atoms. The fourth-order valence-corrected chi connectivity index (χ4v) is 3.69. The highest BCUT2D eigenvalue weighted by molar-refractivity contribution is 6.31. The number of aryl methyl sites for hydroxylation is 1. The highest BCUT2D eigenvalue weighted by Crippen LogP contribution is 2.31. The number of hydroxylamine groups is 1. The maximum Gasteiger partial charge on any atom is 0.243 e. The number of amides is 1. The Bertz CT molecular complexity index is 1080. The predicted octanol–water partition coefficient (Wildman–Crippen LogP) is 5.56. The Morgan fingerprint density at radius 2 is 1.91 bits per heavy atom. The van der Waals surface area contributed by atoms with E-state index in [9.17, 15) is 9.18 Å². The van der Waals surface area contributed by atoms with Gasteiger partial charge in [0.25, 0.3) is 0 Å². The van der Waals surface area contributed by atoms with Gasteiger partial charge in [-0.1, -0.05) is 30.9 Å². The molecule has 0 saturated carbocycles. The van der Waals surface area contributed by atoms with Gasteiger partial charge in [-0.15, -0.1) is 0 Å². The van der Waals surface area contributed by atoms with Crippen molar-refractivity contribution < 1.29 is 19.1 Å². The molecule has 7 nitrogen and oxygen atoms in total. The number of fused-ring (bicyclic) bond motifs is 1. The number of rotatable bonds is 11. The number of unbranched alkanes of at least 4 members (excludes halogenated alkanes) is 4. The number of hydrogen-bond donors (Lipinski definition) is 3. The van der Waals surface area contributed by atoms with Crippen molar-refractivity contribution in [3.8, 4) is 5.75 Å². The number of carbonyl (C=O) groups is 1. The van der Waals surface area contributed by atoms with Crippen molar-refractivity contribution in [2.24, 2.45) is 0 Å². The van der Waals surface area contributed by atoms with Gasteiger partial charge in [0, 0.05) is 23.6 Å².